The summed E-state index contributed by atoms with van der Waals surface area (Å²) in [6.45, 7) is 2.10. The lowest BCUT2D eigenvalue weighted by Gasteiger charge is -2.21. The molecule has 1 amide bonds. The van der Waals surface area contributed by atoms with Gasteiger partial charge in [-0.2, -0.15) is 0 Å². The molecule has 3 aromatic carbocycles. The fourth-order valence-electron chi connectivity index (χ4n) is 3.85. The molecule has 1 N–H and O–H groups in total. The first kappa shape index (κ1) is 25.0. The monoisotopic (exact) mass is 506 g/mol. The van der Waals surface area contributed by atoms with E-state index in [1.807, 2.05) is 24.3 Å². The molecule has 186 valence electrons. The van der Waals surface area contributed by atoms with E-state index < -0.39 is 22.1 Å². The maximum absolute atomic E-state index is 12.8. The van der Waals surface area contributed by atoms with E-state index in [-0.39, 0.29) is 10.8 Å². The van der Waals surface area contributed by atoms with Gasteiger partial charge in [0.2, 0.25) is 0 Å². The van der Waals surface area contributed by atoms with Crippen LogP contribution < -0.4 is 14.4 Å². The molecule has 8 nitrogen and oxygen atoms in total. The summed E-state index contributed by atoms with van der Waals surface area (Å²) < 4.78 is 38.1. The van der Waals surface area contributed by atoms with Crippen molar-refractivity contribution < 1.29 is 27.5 Å². The lowest BCUT2D eigenvalue weighted by molar-refractivity contribution is -0.149. The molecule has 36 heavy (non-hydrogen) atoms. The minimum Gasteiger partial charge on any atom is -0.497 e. The number of benzene rings is 3. The molecular weight excluding hydrogens is 480 g/mol. The molecule has 0 fully saturated rings. The van der Waals surface area contributed by atoms with Gasteiger partial charge in [-0.3, -0.25) is 9.52 Å². The fourth-order valence-corrected chi connectivity index (χ4v) is 4.90. The van der Waals surface area contributed by atoms with E-state index in [9.17, 15) is 18.0 Å². The molecule has 0 unspecified atom stereocenters. The number of esters is 1. The van der Waals surface area contributed by atoms with Gasteiger partial charge in [-0.15, -0.1) is 0 Å². The Bertz CT molecular complexity index is 1380. The van der Waals surface area contributed by atoms with Crippen molar-refractivity contribution in [1.29, 1.82) is 0 Å². The molecule has 0 spiro atoms. The first-order chi connectivity index (χ1) is 17.3. The Hall–Kier alpha value is -4.11. The smallest absolute Gasteiger partial charge is 0.331 e. The largest absolute Gasteiger partial charge is 0.497 e. The highest BCUT2D eigenvalue weighted by atomic mass is 32.2. The van der Waals surface area contributed by atoms with Crippen molar-refractivity contribution >= 4 is 39.4 Å². The summed E-state index contributed by atoms with van der Waals surface area (Å²) in [7, 11) is -2.25. The Morgan fingerprint density at radius 1 is 1.00 bits per heavy atom. The van der Waals surface area contributed by atoms with E-state index in [1.54, 1.807) is 48.2 Å². The number of rotatable bonds is 8. The van der Waals surface area contributed by atoms with Crippen molar-refractivity contribution in [1.82, 2.24) is 0 Å². The van der Waals surface area contributed by atoms with Gasteiger partial charge in [-0.25, -0.2) is 13.2 Å². The van der Waals surface area contributed by atoms with E-state index in [0.717, 1.165) is 17.7 Å². The second-order valence-electron chi connectivity index (χ2n) is 8.18. The lowest BCUT2D eigenvalue weighted by Crippen LogP contribution is -2.38. The molecule has 1 heterocycles. The number of nitrogens with one attached hydrogen (secondary N) is 1. The summed E-state index contributed by atoms with van der Waals surface area (Å²) in [5.74, 6) is -0.324. The van der Waals surface area contributed by atoms with Crippen LogP contribution in [0.3, 0.4) is 0 Å². The molecule has 1 aliphatic rings. The van der Waals surface area contributed by atoms with Gasteiger partial charge in [-0.05, 0) is 73.0 Å². The zero-order valence-corrected chi connectivity index (χ0v) is 20.7. The third kappa shape index (κ3) is 5.75. The van der Waals surface area contributed by atoms with Crippen LogP contribution in [-0.2, 0) is 30.8 Å². The van der Waals surface area contributed by atoms with Crippen molar-refractivity contribution in [3.05, 3.63) is 90.0 Å². The molecule has 0 aliphatic carbocycles. The minimum atomic E-state index is -3.78. The van der Waals surface area contributed by atoms with Crippen LogP contribution in [0.2, 0.25) is 0 Å². The molecule has 0 saturated heterocycles. The van der Waals surface area contributed by atoms with Gasteiger partial charge in [0.05, 0.1) is 12.0 Å². The topological polar surface area (TPSA) is 102 Å². The summed E-state index contributed by atoms with van der Waals surface area (Å²) >= 11 is 0. The number of anilines is 2. The Kier molecular flexibility index (Phi) is 7.40. The third-order valence-corrected chi connectivity index (χ3v) is 7.14. The van der Waals surface area contributed by atoms with Gasteiger partial charge in [0.15, 0.2) is 6.10 Å². The van der Waals surface area contributed by atoms with Crippen molar-refractivity contribution in [2.45, 2.75) is 24.3 Å². The van der Waals surface area contributed by atoms with E-state index in [1.165, 1.54) is 31.4 Å². The maximum Gasteiger partial charge on any atom is 0.331 e. The van der Waals surface area contributed by atoms with E-state index in [4.69, 9.17) is 9.47 Å². The van der Waals surface area contributed by atoms with E-state index >= 15 is 0 Å². The molecule has 0 aromatic heterocycles. The highest BCUT2D eigenvalue weighted by Crippen LogP contribution is 2.28. The van der Waals surface area contributed by atoms with Gasteiger partial charge in [0.25, 0.3) is 15.9 Å². The SMILES string of the molecule is COc1ccc(NS(=O)(=O)c2ccc(/C=C/C(=O)O[C@H](C)C(=O)N3CCc4ccccc43)cc2)cc1. The average Bonchev–Trinajstić information content (AvgIpc) is 3.31. The summed E-state index contributed by atoms with van der Waals surface area (Å²) in [5.41, 5.74) is 2.94. The number of ether oxygens (including phenoxy) is 2. The number of carbonyl (C=O) groups is 2. The van der Waals surface area contributed by atoms with Crippen LogP contribution >= 0.6 is 0 Å². The highest BCUT2D eigenvalue weighted by molar-refractivity contribution is 7.92. The summed E-state index contributed by atoms with van der Waals surface area (Å²) in [5, 5.41) is 0. The number of carbonyl (C=O) groups excluding carboxylic acids is 2. The van der Waals surface area contributed by atoms with Crippen LogP contribution in [-0.4, -0.2) is 40.1 Å². The number of hydrogen-bond donors (Lipinski definition) is 1. The molecule has 1 atom stereocenters. The zero-order valence-electron chi connectivity index (χ0n) is 19.9. The summed E-state index contributed by atoms with van der Waals surface area (Å²) in [6.07, 6.45) is 2.53. The standard InChI is InChI=1S/C27H26N2O6S/c1-19(27(31)29-18-17-21-5-3-4-6-25(21)29)35-26(30)16-9-20-7-14-24(15-8-20)36(32,33)28-22-10-12-23(34-2)13-11-22/h3-16,19,28H,17-18H2,1-2H3/b16-9+/t19-/m1/s1. The van der Waals surface area contributed by atoms with Crippen molar-refractivity contribution in [3.8, 4) is 5.75 Å². The van der Waals surface area contributed by atoms with Crippen molar-refractivity contribution in [2.75, 3.05) is 23.3 Å². The Labute approximate surface area is 210 Å². The predicted molar refractivity (Wildman–Crippen MR) is 137 cm³/mol. The molecule has 0 radical (unpaired) electrons. The average molecular weight is 507 g/mol. The predicted octanol–water partition coefficient (Wildman–Crippen LogP) is 4.03. The highest BCUT2D eigenvalue weighted by Gasteiger charge is 2.29. The third-order valence-electron chi connectivity index (χ3n) is 5.74. The van der Waals surface area contributed by atoms with Gasteiger partial charge < -0.3 is 14.4 Å². The first-order valence-corrected chi connectivity index (χ1v) is 12.8. The first-order valence-electron chi connectivity index (χ1n) is 11.3. The Morgan fingerprint density at radius 2 is 1.69 bits per heavy atom. The van der Waals surface area contributed by atoms with Crippen LogP contribution in [0.4, 0.5) is 11.4 Å². The molecule has 0 bridgehead atoms. The second-order valence-corrected chi connectivity index (χ2v) is 9.87. The maximum atomic E-state index is 12.8. The minimum absolute atomic E-state index is 0.0724. The van der Waals surface area contributed by atoms with Crippen LogP contribution in [0.25, 0.3) is 6.08 Å². The van der Waals surface area contributed by atoms with Gasteiger partial charge in [0.1, 0.15) is 5.75 Å². The van der Waals surface area contributed by atoms with Crippen LogP contribution in [0.15, 0.2) is 83.8 Å². The quantitative estimate of drug-likeness (QED) is 0.366. The fraction of sp³-hybridized carbons (Fsp3) is 0.185. The summed E-state index contributed by atoms with van der Waals surface area (Å²) in [4.78, 5) is 26.7. The molecule has 3 aromatic rings. The normalized spacial score (nSPS) is 13.8. The molecule has 4 rings (SSSR count). The lowest BCUT2D eigenvalue weighted by atomic mass is 10.2. The van der Waals surface area contributed by atoms with Crippen LogP contribution in [0.1, 0.15) is 18.1 Å². The molecule has 9 heteroatoms. The van der Waals surface area contributed by atoms with Gasteiger partial charge >= 0.3 is 5.97 Å². The van der Waals surface area contributed by atoms with E-state index in [2.05, 4.69) is 4.72 Å². The number of fused-ring (bicyclic) bond motifs is 1. The Balaban J connectivity index is 1.34. The molecule has 0 saturated carbocycles. The Morgan fingerprint density at radius 3 is 2.39 bits per heavy atom. The number of amides is 1. The van der Waals surface area contributed by atoms with Crippen LogP contribution in [0.5, 0.6) is 5.75 Å². The number of sulfonamides is 1. The van der Waals surface area contributed by atoms with E-state index in [0.29, 0.717) is 23.5 Å². The van der Waals surface area contributed by atoms with Crippen molar-refractivity contribution in [3.63, 3.8) is 0 Å². The summed E-state index contributed by atoms with van der Waals surface area (Å²) in [6, 6.07) is 20.2. The molecule has 1 aliphatic heterocycles. The number of nitrogens with zero attached hydrogens (tertiary/aromatic N) is 1. The number of hydrogen-bond acceptors (Lipinski definition) is 6. The second kappa shape index (κ2) is 10.7. The molecular formula is C27H26N2O6S. The van der Waals surface area contributed by atoms with Gasteiger partial charge in [0, 0.05) is 24.0 Å². The number of para-hydroxylation sites is 1. The van der Waals surface area contributed by atoms with Gasteiger partial charge in [-0.1, -0.05) is 30.3 Å². The van der Waals surface area contributed by atoms with Crippen molar-refractivity contribution in [2.24, 2.45) is 0 Å². The van der Waals surface area contributed by atoms with Crippen LogP contribution in [0, 0.1) is 0 Å². The number of methoxy groups -OCH3 is 1. The zero-order chi connectivity index (χ0) is 25.7.